The first-order valence-corrected chi connectivity index (χ1v) is 4.66. The van der Waals surface area contributed by atoms with Crippen LogP contribution in [0.4, 0.5) is 0 Å². The van der Waals surface area contributed by atoms with Crippen molar-refractivity contribution in [3.05, 3.63) is 22.6 Å². The van der Waals surface area contributed by atoms with Crippen LogP contribution in [0, 0.1) is 0 Å². The van der Waals surface area contributed by atoms with E-state index in [0.717, 1.165) is 4.47 Å². The summed E-state index contributed by atoms with van der Waals surface area (Å²) in [4.78, 5) is 15.3. The second-order valence-corrected chi connectivity index (χ2v) is 3.63. The van der Waals surface area contributed by atoms with Crippen LogP contribution in [0.1, 0.15) is 12.2 Å². The lowest BCUT2D eigenvalue weighted by Gasteiger charge is -1.98. The maximum Gasteiger partial charge on any atom is 0.348 e. The van der Waals surface area contributed by atoms with Crippen molar-refractivity contribution in [3.8, 4) is 0 Å². The van der Waals surface area contributed by atoms with Gasteiger partial charge in [-0.3, -0.25) is 0 Å². The molecule has 0 aliphatic carbocycles. The molecule has 0 fully saturated rings. The number of hydrogen-bond donors (Lipinski definition) is 1. The predicted molar refractivity (Wildman–Crippen MR) is 50.1 cm³/mol. The van der Waals surface area contributed by atoms with E-state index in [9.17, 15) is 4.79 Å². The molecule has 0 saturated heterocycles. The van der Waals surface area contributed by atoms with Gasteiger partial charge in [0, 0.05) is 6.42 Å². The molecular formula is C8H6BrNO4. The maximum absolute atomic E-state index is 10.6. The van der Waals surface area contributed by atoms with Crippen molar-refractivity contribution in [1.82, 2.24) is 0 Å². The van der Waals surface area contributed by atoms with Crippen molar-refractivity contribution in [2.45, 2.75) is 12.5 Å². The van der Waals surface area contributed by atoms with E-state index in [4.69, 9.17) is 14.4 Å². The Hall–Kier alpha value is -1.30. The van der Waals surface area contributed by atoms with Gasteiger partial charge in [0.1, 0.15) is 5.71 Å². The highest BCUT2D eigenvalue weighted by Gasteiger charge is 2.30. The highest BCUT2D eigenvalue weighted by Crippen LogP contribution is 2.24. The van der Waals surface area contributed by atoms with Gasteiger partial charge in [-0.25, -0.2) is 4.79 Å². The number of rotatable bonds is 2. The number of carboxylic acids is 1. The van der Waals surface area contributed by atoms with Crippen molar-refractivity contribution in [2.75, 3.05) is 0 Å². The highest BCUT2D eigenvalue weighted by molar-refractivity contribution is 9.10. The summed E-state index contributed by atoms with van der Waals surface area (Å²) in [5.41, 5.74) is 0.509. The molecule has 1 aromatic heterocycles. The van der Waals surface area contributed by atoms with Crippen molar-refractivity contribution in [1.29, 1.82) is 0 Å². The third kappa shape index (κ3) is 1.52. The number of carboxylic acid groups (broad SMARTS) is 1. The molecule has 1 aliphatic rings. The van der Waals surface area contributed by atoms with E-state index >= 15 is 0 Å². The SMILES string of the molecule is O=C(O)C1CC(c2occc2Br)=NO1. The lowest BCUT2D eigenvalue weighted by molar-refractivity contribution is -0.148. The van der Waals surface area contributed by atoms with Crippen LogP contribution in [0.5, 0.6) is 0 Å². The van der Waals surface area contributed by atoms with Crippen molar-refractivity contribution in [3.63, 3.8) is 0 Å². The average molecular weight is 260 g/mol. The summed E-state index contributed by atoms with van der Waals surface area (Å²) in [7, 11) is 0. The third-order valence-electron chi connectivity index (χ3n) is 1.82. The van der Waals surface area contributed by atoms with Gasteiger partial charge in [-0.15, -0.1) is 0 Å². The van der Waals surface area contributed by atoms with Crippen LogP contribution in [0.15, 0.2) is 26.4 Å². The second kappa shape index (κ2) is 3.45. The number of furan rings is 1. The molecule has 0 aromatic carbocycles. The van der Waals surface area contributed by atoms with Crippen LogP contribution < -0.4 is 0 Å². The van der Waals surface area contributed by atoms with Gasteiger partial charge in [0.05, 0.1) is 10.7 Å². The van der Waals surface area contributed by atoms with Crippen LogP contribution >= 0.6 is 15.9 Å². The molecule has 0 spiro atoms. The van der Waals surface area contributed by atoms with Gasteiger partial charge in [-0.2, -0.15) is 0 Å². The zero-order valence-electron chi connectivity index (χ0n) is 6.94. The predicted octanol–water partition coefficient (Wildman–Crippen LogP) is 1.62. The van der Waals surface area contributed by atoms with Crippen molar-refractivity contribution in [2.24, 2.45) is 5.16 Å². The Morgan fingerprint density at radius 3 is 3.00 bits per heavy atom. The molecule has 1 unspecified atom stereocenters. The Bertz CT molecular complexity index is 398. The third-order valence-corrected chi connectivity index (χ3v) is 2.45. The topological polar surface area (TPSA) is 72.0 Å². The monoisotopic (exact) mass is 259 g/mol. The molecule has 2 heterocycles. The molecule has 1 N–H and O–H groups in total. The van der Waals surface area contributed by atoms with Gasteiger partial charge >= 0.3 is 5.97 Å². The molecule has 0 bridgehead atoms. The van der Waals surface area contributed by atoms with E-state index < -0.39 is 12.1 Å². The van der Waals surface area contributed by atoms with E-state index in [1.165, 1.54) is 6.26 Å². The summed E-state index contributed by atoms with van der Waals surface area (Å²) < 4.78 is 5.87. The molecule has 0 saturated carbocycles. The number of aliphatic carboxylic acids is 1. The molecule has 5 nitrogen and oxygen atoms in total. The number of halogens is 1. The molecule has 74 valence electrons. The zero-order valence-corrected chi connectivity index (χ0v) is 8.52. The minimum Gasteiger partial charge on any atom is -0.478 e. The molecule has 2 rings (SSSR count). The van der Waals surface area contributed by atoms with Crippen LogP contribution in [-0.2, 0) is 9.63 Å². The molecule has 14 heavy (non-hydrogen) atoms. The van der Waals surface area contributed by atoms with Gasteiger partial charge in [0.25, 0.3) is 0 Å². The molecule has 1 atom stereocenters. The van der Waals surface area contributed by atoms with Gasteiger partial charge in [-0.05, 0) is 22.0 Å². The highest BCUT2D eigenvalue weighted by atomic mass is 79.9. The summed E-state index contributed by atoms with van der Waals surface area (Å²) in [6, 6.07) is 1.71. The maximum atomic E-state index is 10.6. The first-order chi connectivity index (χ1) is 6.68. The largest absolute Gasteiger partial charge is 0.478 e. The quantitative estimate of drug-likeness (QED) is 0.876. The number of carbonyl (C=O) groups is 1. The molecular weight excluding hydrogens is 254 g/mol. The van der Waals surface area contributed by atoms with Gasteiger partial charge in [0.2, 0.25) is 6.10 Å². The Morgan fingerprint density at radius 2 is 2.50 bits per heavy atom. The fraction of sp³-hybridized carbons (Fsp3) is 0.250. The van der Waals surface area contributed by atoms with Crippen molar-refractivity contribution < 1.29 is 19.2 Å². The molecule has 1 aliphatic heterocycles. The first kappa shape index (κ1) is 9.26. The summed E-state index contributed by atoms with van der Waals surface area (Å²) >= 11 is 3.26. The van der Waals surface area contributed by atoms with Crippen LogP contribution in [0.2, 0.25) is 0 Å². The number of nitrogens with zero attached hydrogens (tertiary/aromatic N) is 1. The first-order valence-electron chi connectivity index (χ1n) is 3.87. The minimum absolute atomic E-state index is 0.224. The van der Waals surface area contributed by atoms with E-state index in [1.54, 1.807) is 6.07 Å². The second-order valence-electron chi connectivity index (χ2n) is 2.77. The van der Waals surface area contributed by atoms with Crippen LogP contribution in [0.3, 0.4) is 0 Å². The Morgan fingerprint density at radius 1 is 1.71 bits per heavy atom. The summed E-state index contributed by atoms with van der Waals surface area (Å²) in [5.74, 6) is -0.500. The van der Waals surface area contributed by atoms with E-state index in [1.807, 2.05) is 0 Å². The zero-order chi connectivity index (χ0) is 10.1. The Kier molecular flexibility index (Phi) is 2.28. The van der Waals surface area contributed by atoms with Gasteiger partial charge in [0.15, 0.2) is 5.76 Å². The molecule has 1 aromatic rings. The van der Waals surface area contributed by atoms with Gasteiger partial charge < -0.3 is 14.4 Å². The number of oxime groups is 1. The van der Waals surface area contributed by atoms with E-state index in [0.29, 0.717) is 11.5 Å². The van der Waals surface area contributed by atoms with E-state index in [-0.39, 0.29) is 6.42 Å². The molecule has 0 radical (unpaired) electrons. The average Bonchev–Trinajstić information content (AvgIpc) is 2.71. The number of hydrogen-bond acceptors (Lipinski definition) is 4. The Balaban J connectivity index is 2.17. The summed E-state index contributed by atoms with van der Waals surface area (Å²) in [5, 5.41) is 12.3. The lowest BCUT2D eigenvalue weighted by atomic mass is 10.1. The standard InChI is InChI=1S/C8H6BrNO4/c9-4-1-2-13-7(4)5-3-6(8(11)12)14-10-5/h1-2,6H,3H2,(H,11,12). The van der Waals surface area contributed by atoms with Crippen LogP contribution in [-0.4, -0.2) is 22.9 Å². The Labute approximate surface area is 87.5 Å². The normalized spacial score (nSPS) is 20.4. The fourth-order valence-corrected chi connectivity index (χ4v) is 1.57. The molecule has 6 heteroatoms. The molecule has 0 amide bonds. The van der Waals surface area contributed by atoms with Gasteiger partial charge in [-0.1, -0.05) is 5.16 Å². The summed E-state index contributed by atoms with van der Waals surface area (Å²) in [6.07, 6.45) is 0.819. The van der Waals surface area contributed by atoms with Crippen molar-refractivity contribution >= 4 is 27.6 Å². The fourth-order valence-electron chi connectivity index (χ4n) is 1.14. The van der Waals surface area contributed by atoms with E-state index in [2.05, 4.69) is 21.1 Å². The minimum atomic E-state index is -1.02. The van der Waals surface area contributed by atoms with Crippen LogP contribution in [0.25, 0.3) is 0 Å². The lowest BCUT2D eigenvalue weighted by Crippen LogP contribution is -2.19. The summed E-state index contributed by atoms with van der Waals surface area (Å²) in [6.45, 7) is 0. The smallest absolute Gasteiger partial charge is 0.348 e.